The predicted molar refractivity (Wildman–Crippen MR) is 79.6 cm³/mol. The molecule has 6 nitrogen and oxygen atoms in total. The third-order valence-electron chi connectivity index (χ3n) is 4.11. The third-order valence-corrected chi connectivity index (χ3v) is 4.11. The monoisotopic (exact) mass is 314 g/mol. The van der Waals surface area contributed by atoms with Crippen LogP contribution in [0.3, 0.4) is 0 Å². The fraction of sp³-hybridized carbons (Fsp3) is 0.250. The van der Waals surface area contributed by atoms with Gasteiger partial charge in [-0.3, -0.25) is 19.6 Å². The molecule has 0 spiro atoms. The van der Waals surface area contributed by atoms with E-state index in [1.165, 1.54) is 47.8 Å². The molecule has 2 heterocycles. The van der Waals surface area contributed by atoms with Gasteiger partial charge in [0.05, 0.1) is 11.9 Å². The molecule has 0 aliphatic carbocycles. The number of hydrogen-bond donors (Lipinski definition) is 1. The van der Waals surface area contributed by atoms with Crippen LogP contribution in [0.25, 0.3) is 0 Å². The van der Waals surface area contributed by atoms with E-state index in [1.807, 2.05) is 0 Å². The Labute approximate surface area is 132 Å². The van der Waals surface area contributed by atoms with Gasteiger partial charge in [-0.05, 0) is 37.1 Å². The molecule has 1 aromatic heterocycles. The molecule has 1 aliphatic heterocycles. The summed E-state index contributed by atoms with van der Waals surface area (Å²) in [5.74, 6) is -1.46. The molecular weight excluding hydrogens is 299 g/mol. The first-order valence-corrected chi connectivity index (χ1v) is 7.19. The Balaban J connectivity index is 2.05. The maximum Gasteiger partial charge on any atom is 0.255 e. The lowest BCUT2D eigenvalue weighted by atomic mass is 9.90. The van der Waals surface area contributed by atoms with Crippen molar-refractivity contribution in [2.75, 3.05) is 6.54 Å². The summed E-state index contributed by atoms with van der Waals surface area (Å²) in [6.45, 7) is 0.371. The van der Waals surface area contributed by atoms with Crippen LogP contribution in [0.15, 0.2) is 42.9 Å². The highest BCUT2D eigenvalue weighted by Gasteiger charge is 2.51. The molecule has 0 bridgehead atoms. The van der Waals surface area contributed by atoms with Crippen molar-refractivity contribution in [3.05, 3.63) is 59.9 Å². The van der Waals surface area contributed by atoms with Crippen LogP contribution in [0.1, 0.15) is 28.9 Å². The van der Waals surface area contributed by atoms with Gasteiger partial charge in [0.1, 0.15) is 5.82 Å². The van der Waals surface area contributed by atoms with E-state index < -0.39 is 17.3 Å². The van der Waals surface area contributed by atoms with Gasteiger partial charge in [0.2, 0.25) is 5.91 Å². The molecule has 2 aromatic rings. The SMILES string of the molecule is NC(=O)[C@]1(c2cnccn2)CCCN1C(=O)c1ccc(F)cc1. The maximum atomic E-state index is 13.1. The summed E-state index contributed by atoms with van der Waals surface area (Å²) in [7, 11) is 0. The second-order valence-electron chi connectivity index (χ2n) is 5.38. The van der Waals surface area contributed by atoms with E-state index in [9.17, 15) is 14.0 Å². The first-order valence-electron chi connectivity index (χ1n) is 7.19. The zero-order valence-corrected chi connectivity index (χ0v) is 12.3. The quantitative estimate of drug-likeness (QED) is 0.923. The lowest BCUT2D eigenvalue weighted by Gasteiger charge is -2.35. The molecule has 0 radical (unpaired) electrons. The average Bonchev–Trinajstić information content (AvgIpc) is 3.02. The average molecular weight is 314 g/mol. The van der Waals surface area contributed by atoms with Gasteiger partial charge in [0.25, 0.3) is 5.91 Å². The van der Waals surface area contributed by atoms with Crippen molar-refractivity contribution < 1.29 is 14.0 Å². The number of aromatic nitrogens is 2. The van der Waals surface area contributed by atoms with E-state index in [0.29, 0.717) is 30.6 Å². The van der Waals surface area contributed by atoms with Gasteiger partial charge in [-0.2, -0.15) is 0 Å². The number of likely N-dealkylation sites (tertiary alicyclic amines) is 1. The highest BCUT2D eigenvalue weighted by Crippen LogP contribution is 2.38. The number of rotatable bonds is 3. The van der Waals surface area contributed by atoms with E-state index in [4.69, 9.17) is 5.73 Å². The Morgan fingerprint density at radius 3 is 2.57 bits per heavy atom. The van der Waals surface area contributed by atoms with E-state index in [1.54, 1.807) is 0 Å². The number of carbonyl (C=O) groups is 2. The topological polar surface area (TPSA) is 89.2 Å². The summed E-state index contributed by atoms with van der Waals surface area (Å²) in [5, 5.41) is 0. The molecule has 7 heteroatoms. The molecule has 3 rings (SSSR count). The largest absolute Gasteiger partial charge is 0.367 e. The van der Waals surface area contributed by atoms with Crippen molar-refractivity contribution in [3.8, 4) is 0 Å². The third kappa shape index (κ3) is 2.44. The second-order valence-corrected chi connectivity index (χ2v) is 5.38. The van der Waals surface area contributed by atoms with E-state index in [0.717, 1.165) is 0 Å². The highest BCUT2D eigenvalue weighted by molar-refractivity contribution is 5.99. The number of amides is 2. The van der Waals surface area contributed by atoms with Crippen LogP contribution >= 0.6 is 0 Å². The molecule has 118 valence electrons. The first kappa shape index (κ1) is 15.1. The van der Waals surface area contributed by atoms with Crippen LogP contribution < -0.4 is 5.73 Å². The molecule has 0 saturated carbocycles. The Morgan fingerprint density at radius 2 is 1.96 bits per heavy atom. The van der Waals surface area contributed by atoms with E-state index in [2.05, 4.69) is 9.97 Å². The van der Waals surface area contributed by atoms with Gasteiger partial charge < -0.3 is 10.6 Å². The molecule has 1 fully saturated rings. The Kier molecular flexibility index (Phi) is 3.77. The number of carbonyl (C=O) groups excluding carboxylic acids is 2. The Hall–Kier alpha value is -2.83. The molecule has 1 aromatic carbocycles. The van der Waals surface area contributed by atoms with Gasteiger partial charge >= 0.3 is 0 Å². The minimum absolute atomic E-state index is 0.294. The number of primary amides is 1. The van der Waals surface area contributed by atoms with Crippen molar-refractivity contribution in [1.29, 1.82) is 0 Å². The van der Waals surface area contributed by atoms with Gasteiger partial charge in [-0.1, -0.05) is 0 Å². The van der Waals surface area contributed by atoms with Crippen molar-refractivity contribution in [2.24, 2.45) is 5.73 Å². The standard InChI is InChI=1S/C16H15FN4O2/c17-12-4-2-11(3-5-12)14(22)21-9-1-6-16(21,15(18)23)13-10-19-7-8-20-13/h2-5,7-8,10H,1,6,9H2,(H2,18,23)/t16-/m1/s1. The summed E-state index contributed by atoms with van der Waals surface area (Å²) in [5.41, 5.74) is 4.96. The van der Waals surface area contributed by atoms with Crippen LogP contribution in [0.5, 0.6) is 0 Å². The molecular formula is C16H15FN4O2. The molecule has 23 heavy (non-hydrogen) atoms. The van der Waals surface area contributed by atoms with E-state index >= 15 is 0 Å². The molecule has 1 saturated heterocycles. The first-order chi connectivity index (χ1) is 11.1. The summed E-state index contributed by atoms with van der Waals surface area (Å²) < 4.78 is 13.1. The van der Waals surface area contributed by atoms with Crippen molar-refractivity contribution in [2.45, 2.75) is 18.4 Å². The van der Waals surface area contributed by atoms with Crippen molar-refractivity contribution >= 4 is 11.8 Å². The molecule has 0 unspecified atom stereocenters. The van der Waals surface area contributed by atoms with Crippen molar-refractivity contribution in [1.82, 2.24) is 14.9 Å². The fourth-order valence-corrected chi connectivity index (χ4v) is 3.00. The summed E-state index contributed by atoms with van der Waals surface area (Å²) in [6, 6.07) is 5.19. The van der Waals surface area contributed by atoms with Crippen LogP contribution in [-0.4, -0.2) is 33.2 Å². The van der Waals surface area contributed by atoms with Gasteiger partial charge in [0.15, 0.2) is 5.54 Å². The fourth-order valence-electron chi connectivity index (χ4n) is 3.00. The van der Waals surface area contributed by atoms with Crippen LogP contribution in [0.4, 0.5) is 4.39 Å². The molecule has 1 aliphatic rings. The second kappa shape index (κ2) is 5.75. The number of nitrogens with two attached hydrogens (primary N) is 1. The minimum Gasteiger partial charge on any atom is -0.367 e. The van der Waals surface area contributed by atoms with Crippen LogP contribution in [0.2, 0.25) is 0 Å². The maximum absolute atomic E-state index is 13.1. The van der Waals surface area contributed by atoms with Crippen LogP contribution in [-0.2, 0) is 10.3 Å². The van der Waals surface area contributed by atoms with Gasteiger partial charge in [-0.25, -0.2) is 4.39 Å². The smallest absolute Gasteiger partial charge is 0.255 e. The predicted octanol–water partition coefficient (Wildman–Crippen LogP) is 1.23. The van der Waals surface area contributed by atoms with Gasteiger partial charge in [0, 0.05) is 24.5 Å². The zero-order chi connectivity index (χ0) is 16.4. The number of hydrogen-bond acceptors (Lipinski definition) is 4. The number of benzene rings is 1. The summed E-state index contributed by atoms with van der Waals surface area (Å²) in [6.07, 6.45) is 5.39. The number of nitrogens with zero attached hydrogens (tertiary/aromatic N) is 3. The normalized spacial score (nSPS) is 20.5. The molecule has 2 N–H and O–H groups in total. The Morgan fingerprint density at radius 1 is 1.22 bits per heavy atom. The molecule has 2 amide bonds. The lowest BCUT2D eigenvalue weighted by molar-refractivity contribution is -0.128. The van der Waals surface area contributed by atoms with Gasteiger partial charge in [-0.15, -0.1) is 0 Å². The number of halogens is 1. The van der Waals surface area contributed by atoms with E-state index in [-0.39, 0.29) is 5.91 Å². The lowest BCUT2D eigenvalue weighted by Crippen LogP contribution is -2.54. The molecule has 1 atom stereocenters. The summed E-state index contributed by atoms with van der Waals surface area (Å²) >= 11 is 0. The minimum atomic E-state index is -1.32. The van der Waals surface area contributed by atoms with Crippen molar-refractivity contribution in [3.63, 3.8) is 0 Å². The Bertz CT molecular complexity index is 736. The summed E-state index contributed by atoms with van der Waals surface area (Å²) in [4.78, 5) is 34.6. The van der Waals surface area contributed by atoms with Crippen LogP contribution in [0, 0.1) is 5.82 Å². The zero-order valence-electron chi connectivity index (χ0n) is 12.3. The highest BCUT2D eigenvalue weighted by atomic mass is 19.1.